The first kappa shape index (κ1) is 18.1. The van der Waals surface area contributed by atoms with E-state index in [2.05, 4.69) is 26.4 Å². The Kier molecular flexibility index (Phi) is 5.71. The van der Waals surface area contributed by atoms with Crippen LogP contribution in [0.5, 0.6) is 0 Å². The summed E-state index contributed by atoms with van der Waals surface area (Å²) in [6, 6.07) is 4.22. The Bertz CT molecular complexity index is 775. The number of hydrogen-bond acceptors (Lipinski definition) is 5. The van der Waals surface area contributed by atoms with Crippen molar-refractivity contribution in [3.05, 3.63) is 45.5 Å². The predicted molar refractivity (Wildman–Crippen MR) is 88.2 cm³/mol. The molecule has 1 heterocycles. The molecule has 0 aliphatic carbocycles. The molecule has 0 radical (unpaired) electrons. The molecule has 1 atom stereocenters. The lowest BCUT2D eigenvalue weighted by molar-refractivity contribution is -0.123. The number of anilines is 1. The third-order valence-corrected chi connectivity index (χ3v) is 3.81. The van der Waals surface area contributed by atoms with Crippen LogP contribution in [-0.4, -0.2) is 23.1 Å². The number of halogens is 2. The zero-order chi connectivity index (χ0) is 17.9. The van der Waals surface area contributed by atoms with Gasteiger partial charge in [0.05, 0.1) is 11.4 Å². The minimum absolute atomic E-state index is 0.00139. The SMILES string of the molecule is CCc1noc(C)c1C(=O)O[C@@H](C)C(=O)Nc1ccc(Br)cc1F. The van der Waals surface area contributed by atoms with E-state index in [1.807, 2.05) is 6.92 Å². The van der Waals surface area contributed by atoms with Gasteiger partial charge in [0.2, 0.25) is 0 Å². The van der Waals surface area contributed by atoms with Gasteiger partial charge in [0.15, 0.2) is 6.10 Å². The van der Waals surface area contributed by atoms with Gasteiger partial charge in [-0.2, -0.15) is 0 Å². The van der Waals surface area contributed by atoms with Gasteiger partial charge in [-0.3, -0.25) is 4.79 Å². The molecule has 0 saturated carbocycles. The van der Waals surface area contributed by atoms with E-state index in [1.54, 1.807) is 13.0 Å². The molecule has 0 spiro atoms. The van der Waals surface area contributed by atoms with E-state index < -0.39 is 23.8 Å². The number of nitrogens with zero attached hydrogens (tertiary/aromatic N) is 1. The molecule has 2 aromatic rings. The van der Waals surface area contributed by atoms with Gasteiger partial charge < -0.3 is 14.6 Å². The Balaban J connectivity index is 2.06. The highest BCUT2D eigenvalue weighted by atomic mass is 79.9. The van der Waals surface area contributed by atoms with Crippen molar-refractivity contribution in [1.29, 1.82) is 0 Å². The van der Waals surface area contributed by atoms with E-state index in [0.29, 0.717) is 22.3 Å². The van der Waals surface area contributed by atoms with Gasteiger partial charge in [-0.1, -0.05) is 28.0 Å². The predicted octanol–water partition coefficient (Wildman–Crippen LogP) is 3.63. The smallest absolute Gasteiger partial charge is 0.344 e. The number of carbonyl (C=O) groups is 2. The maximum absolute atomic E-state index is 13.7. The largest absolute Gasteiger partial charge is 0.449 e. The molecule has 1 amide bonds. The summed E-state index contributed by atoms with van der Waals surface area (Å²) in [5, 5.41) is 6.14. The summed E-state index contributed by atoms with van der Waals surface area (Å²) < 4.78 is 24.4. The van der Waals surface area contributed by atoms with Crippen molar-refractivity contribution >= 4 is 33.5 Å². The van der Waals surface area contributed by atoms with Crippen LogP contribution >= 0.6 is 15.9 Å². The number of hydrogen-bond donors (Lipinski definition) is 1. The van der Waals surface area contributed by atoms with Crippen LogP contribution in [0.1, 0.15) is 35.7 Å². The lowest BCUT2D eigenvalue weighted by atomic mass is 10.1. The molecule has 1 aromatic carbocycles. The third kappa shape index (κ3) is 4.00. The summed E-state index contributed by atoms with van der Waals surface area (Å²) in [6.45, 7) is 4.81. The molecule has 0 saturated heterocycles. The van der Waals surface area contributed by atoms with Crippen LogP contribution in [0, 0.1) is 12.7 Å². The maximum Gasteiger partial charge on any atom is 0.344 e. The highest BCUT2D eigenvalue weighted by Gasteiger charge is 2.25. The number of rotatable bonds is 5. The molecular formula is C16H16BrFN2O4. The Morgan fingerprint density at radius 1 is 1.46 bits per heavy atom. The van der Waals surface area contributed by atoms with Gasteiger partial charge in [-0.05, 0) is 38.5 Å². The van der Waals surface area contributed by atoms with Crippen molar-refractivity contribution in [3.8, 4) is 0 Å². The van der Waals surface area contributed by atoms with E-state index in [9.17, 15) is 14.0 Å². The molecule has 0 unspecified atom stereocenters. The molecule has 8 heteroatoms. The molecule has 6 nitrogen and oxygen atoms in total. The van der Waals surface area contributed by atoms with Crippen molar-refractivity contribution in [2.45, 2.75) is 33.3 Å². The molecule has 0 fully saturated rings. The molecule has 1 N–H and O–H groups in total. The Morgan fingerprint density at radius 3 is 2.79 bits per heavy atom. The van der Waals surface area contributed by atoms with Gasteiger partial charge >= 0.3 is 5.97 Å². The first-order valence-electron chi connectivity index (χ1n) is 7.25. The molecule has 128 valence electrons. The quantitative estimate of drug-likeness (QED) is 0.777. The van der Waals surface area contributed by atoms with Crippen LogP contribution in [0.15, 0.2) is 27.2 Å². The van der Waals surface area contributed by atoms with Gasteiger partial charge in [0.25, 0.3) is 5.91 Å². The number of carbonyl (C=O) groups excluding carboxylic acids is 2. The Labute approximate surface area is 146 Å². The lowest BCUT2D eigenvalue weighted by Crippen LogP contribution is -2.30. The zero-order valence-corrected chi connectivity index (χ0v) is 14.9. The Hall–Kier alpha value is -2.22. The van der Waals surface area contributed by atoms with Crippen LogP contribution in [-0.2, 0) is 16.0 Å². The topological polar surface area (TPSA) is 81.4 Å². The highest BCUT2D eigenvalue weighted by Crippen LogP contribution is 2.20. The van der Waals surface area contributed by atoms with E-state index in [0.717, 1.165) is 0 Å². The maximum atomic E-state index is 13.7. The minimum Gasteiger partial charge on any atom is -0.449 e. The van der Waals surface area contributed by atoms with Gasteiger partial charge in [-0.25, -0.2) is 9.18 Å². The zero-order valence-electron chi connectivity index (χ0n) is 13.4. The van der Waals surface area contributed by atoms with E-state index in [-0.39, 0.29) is 11.3 Å². The number of amides is 1. The van der Waals surface area contributed by atoms with Crippen molar-refractivity contribution in [2.75, 3.05) is 5.32 Å². The van der Waals surface area contributed by atoms with Crippen LogP contribution in [0.25, 0.3) is 0 Å². The van der Waals surface area contributed by atoms with Gasteiger partial charge in [-0.15, -0.1) is 0 Å². The van der Waals surface area contributed by atoms with Crippen molar-refractivity contribution < 1.29 is 23.2 Å². The number of aromatic nitrogens is 1. The first-order chi connectivity index (χ1) is 11.3. The number of aryl methyl sites for hydroxylation is 2. The van der Waals surface area contributed by atoms with E-state index in [4.69, 9.17) is 9.26 Å². The van der Waals surface area contributed by atoms with E-state index in [1.165, 1.54) is 19.1 Å². The summed E-state index contributed by atoms with van der Waals surface area (Å²) in [4.78, 5) is 24.3. The molecule has 1 aromatic heterocycles. The van der Waals surface area contributed by atoms with Crippen LogP contribution in [0.2, 0.25) is 0 Å². The summed E-state index contributed by atoms with van der Waals surface area (Å²) in [7, 11) is 0. The fourth-order valence-electron chi connectivity index (χ4n) is 2.02. The summed E-state index contributed by atoms with van der Waals surface area (Å²) in [5.41, 5.74) is 0.678. The Morgan fingerprint density at radius 2 is 2.17 bits per heavy atom. The summed E-state index contributed by atoms with van der Waals surface area (Å²) in [5.74, 6) is -1.62. The number of esters is 1. The summed E-state index contributed by atoms with van der Waals surface area (Å²) in [6.07, 6.45) is -0.619. The number of nitrogens with one attached hydrogen (secondary N) is 1. The molecule has 24 heavy (non-hydrogen) atoms. The second-order valence-corrected chi connectivity index (χ2v) is 5.99. The molecule has 0 bridgehead atoms. The number of ether oxygens (including phenoxy) is 1. The van der Waals surface area contributed by atoms with Crippen LogP contribution in [0.4, 0.5) is 10.1 Å². The van der Waals surface area contributed by atoms with E-state index >= 15 is 0 Å². The van der Waals surface area contributed by atoms with Crippen molar-refractivity contribution in [3.63, 3.8) is 0 Å². The fraction of sp³-hybridized carbons (Fsp3) is 0.312. The van der Waals surface area contributed by atoms with Gasteiger partial charge in [0, 0.05) is 4.47 Å². The van der Waals surface area contributed by atoms with Crippen LogP contribution in [0.3, 0.4) is 0 Å². The first-order valence-corrected chi connectivity index (χ1v) is 8.04. The number of benzene rings is 1. The van der Waals surface area contributed by atoms with Crippen LogP contribution < -0.4 is 5.32 Å². The lowest BCUT2D eigenvalue weighted by Gasteiger charge is -2.14. The second-order valence-electron chi connectivity index (χ2n) is 5.07. The highest BCUT2D eigenvalue weighted by molar-refractivity contribution is 9.10. The standard InChI is InChI=1S/C16H16BrFN2O4/c1-4-12-14(8(2)24-20-12)16(22)23-9(3)15(21)19-13-6-5-10(17)7-11(13)18/h5-7,9H,4H2,1-3H3,(H,19,21)/t9-/m0/s1. The molecular weight excluding hydrogens is 383 g/mol. The minimum atomic E-state index is -1.11. The molecule has 0 aliphatic heterocycles. The fourth-order valence-corrected chi connectivity index (χ4v) is 2.35. The van der Waals surface area contributed by atoms with Crippen molar-refractivity contribution in [1.82, 2.24) is 5.16 Å². The van der Waals surface area contributed by atoms with Gasteiger partial charge in [0.1, 0.15) is 17.1 Å². The average Bonchev–Trinajstić information content (AvgIpc) is 2.90. The average molecular weight is 399 g/mol. The van der Waals surface area contributed by atoms with Crippen molar-refractivity contribution in [2.24, 2.45) is 0 Å². The normalized spacial score (nSPS) is 11.9. The molecule has 2 rings (SSSR count). The second kappa shape index (κ2) is 7.57. The molecule has 0 aliphatic rings. The monoisotopic (exact) mass is 398 g/mol. The third-order valence-electron chi connectivity index (χ3n) is 3.31. The summed E-state index contributed by atoms with van der Waals surface area (Å²) >= 11 is 3.13.